The van der Waals surface area contributed by atoms with Crippen LogP contribution in [0.4, 0.5) is 10.1 Å². The lowest BCUT2D eigenvalue weighted by molar-refractivity contribution is 0.585. The van der Waals surface area contributed by atoms with Crippen LogP contribution in [0.5, 0.6) is 0 Å². The Morgan fingerprint density at radius 2 is 2.05 bits per heavy atom. The van der Waals surface area contributed by atoms with Gasteiger partial charge in [-0.1, -0.05) is 24.3 Å². The van der Waals surface area contributed by atoms with Crippen LogP contribution in [-0.4, -0.2) is 12.0 Å². The average molecular weight is 305 g/mol. The second-order valence-electron chi connectivity index (χ2n) is 4.69. The SMILES string of the molecule is CSc1ccccc1NC1CCSc2c(F)cccc21. The Labute approximate surface area is 127 Å². The summed E-state index contributed by atoms with van der Waals surface area (Å²) in [7, 11) is 0. The van der Waals surface area contributed by atoms with Crippen LogP contribution in [0.25, 0.3) is 0 Å². The molecule has 1 atom stereocenters. The molecule has 3 rings (SSSR count). The Balaban J connectivity index is 1.92. The van der Waals surface area contributed by atoms with Crippen molar-refractivity contribution in [1.29, 1.82) is 0 Å². The predicted molar refractivity (Wildman–Crippen MR) is 86.3 cm³/mol. The molecule has 1 nitrogen and oxygen atoms in total. The monoisotopic (exact) mass is 305 g/mol. The molecule has 0 saturated heterocycles. The number of hydrogen-bond donors (Lipinski definition) is 1. The maximum Gasteiger partial charge on any atom is 0.137 e. The number of hydrogen-bond acceptors (Lipinski definition) is 3. The Hall–Kier alpha value is -1.13. The Morgan fingerprint density at radius 3 is 2.90 bits per heavy atom. The van der Waals surface area contributed by atoms with Gasteiger partial charge in [-0.05, 0) is 36.4 Å². The lowest BCUT2D eigenvalue weighted by Gasteiger charge is -2.27. The number of thioether (sulfide) groups is 2. The summed E-state index contributed by atoms with van der Waals surface area (Å²) in [6, 6.07) is 13.8. The second-order valence-corrected chi connectivity index (χ2v) is 6.65. The van der Waals surface area contributed by atoms with Crippen molar-refractivity contribution in [3.63, 3.8) is 0 Å². The first-order valence-corrected chi connectivity index (χ1v) is 8.81. The van der Waals surface area contributed by atoms with Crippen LogP contribution in [0.3, 0.4) is 0 Å². The molecule has 1 unspecified atom stereocenters. The molecule has 0 fully saturated rings. The maximum atomic E-state index is 13.9. The van der Waals surface area contributed by atoms with E-state index in [0.29, 0.717) is 0 Å². The first kappa shape index (κ1) is 13.8. The molecule has 0 aliphatic carbocycles. The predicted octanol–water partition coefficient (Wildman–Crippen LogP) is 5.20. The highest BCUT2D eigenvalue weighted by molar-refractivity contribution is 7.99. The van der Waals surface area contributed by atoms with E-state index in [2.05, 4.69) is 23.7 Å². The third kappa shape index (κ3) is 2.67. The first-order valence-electron chi connectivity index (χ1n) is 6.60. The number of anilines is 1. The number of halogens is 1. The molecule has 1 aliphatic heterocycles. The molecule has 1 heterocycles. The fraction of sp³-hybridized carbons (Fsp3) is 0.250. The molecule has 20 heavy (non-hydrogen) atoms. The molecule has 1 N–H and O–H groups in total. The van der Waals surface area contributed by atoms with Crippen LogP contribution < -0.4 is 5.32 Å². The second kappa shape index (κ2) is 6.10. The van der Waals surface area contributed by atoms with Gasteiger partial charge in [-0.15, -0.1) is 23.5 Å². The third-order valence-electron chi connectivity index (χ3n) is 3.46. The van der Waals surface area contributed by atoms with Gasteiger partial charge in [0.15, 0.2) is 0 Å². The Morgan fingerprint density at radius 1 is 1.20 bits per heavy atom. The number of fused-ring (bicyclic) bond motifs is 1. The van der Waals surface area contributed by atoms with Gasteiger partial charge in [0.1, 0.15) is 5.82 Å². The number of nitrogens with one attached hydrogen (secondary N) is 1. The van der Waals surface area contributed by atoms with E-state index in [1.54, 1.807) is 35.7 Å². The van der Waals surface area contributed by atoms with Crippen molar-refractivity contribution in [2.24, 2.45) is 0 Å². The normalized spacial score (nSPS) is 17.6. The zero-order valence-corrected chi connectivity index (χ0v) is 12.9. The van der Waals surface area contributed by atoms with Gasteiger partial charge in [0.2, 0.25) is 0 Å². The average Bonchev–Trinajstić information content (AvgIpc) is 2.49. The topological polar surface area (TPSA) is 12.0 Å². The van der Waals surface area contributed by atoms with E-state index in [-0.39, 0.29) is 11.9 Å². The summed E-state index contributed by atoms with van der Waals surface area (Å²) in [6.07, 6.45) is 3.09. The van der Waals surface area contributed by atoms with E-state index in [0.717, 1.165) is 28.3 Å². The van der Waals surface area contributed by atoms with Crippen molar-refractivity contribution in [1.82, 2.24) is 0 Å². The van der Waals surface area contributed by atoms with Crippen LogP contribution >= 0.6 is 23.5 Å². The highest BCUT2D eigenvalue weighted by Gasteiger charge is 2.23. The molecule has 0 amide bonds. The summed E-state index contributed by atoms with van der Waals surface area (Å²) in [4.78, 5) is 2.03. The van der Waals surface area contributed by atoms with Gasteiger partial charge in [-0.3, -0.25) is 0 Å². The fourth-order valence-corrected chi connectivity index (χ4v) is 4.19. The molecule has 0 saturated carbocycles. The summed E-state index contributed by atoms with van der Waals surface area (Å²) >= 11 is 3.35. The molecule has 104 valence electrons. The zero-order chi connectivity index (χ0) is 13.9. The minimum absolute atomic E-state index is 0.0999. The van der Waals surface area contributed by atoms with Crippen molar-refractivity contribution in [2.75, 3.05) is 17.3 Å². The van der Waals surface area contributed by atoms with Gasteiger partial charge in [0.05, 0.1) is 6.04 Å². The smallest absolute Gasteiger partial charge is 0.137 e. The summed E-state index contributed by atoms with van der Waals surface area (Å²) in [5.74, 6) is 0.852. The lowest BCUT2D eigenvalue weighted by atomic mass is 10.0. The van der Waals surface area contributed by atoms with Crippen molar-refractivity contribution < 1.29 is 4.39 Å². The Bertz CT molecular complexity index is 615. The van der Waals surface area contributed by atoms with Gasteiger partial charge in [0, 0.05) is 21.2 Å². The van der Waals surface area contributed by atoms with E-state index in [9.17, 15) is 4.39 Å². The Kier molecular flexibility index (Phi) is 4.22. The van der Waals surface area contributed by atoms with E-state index >= 15 is 0 Å². The molecule has 0 aromatic heterocycles. The van der Waals surface area contributed by atoms with Gasteiger partial charge in [-0.2, -0.15) is 0 Å². The largest absolute Gasteiger partial charge is 0.377 e. The highest BCUT2D eigenvalue weighted by atomic mass is 32.2. The standard InChI is InChI=1S/C16H16FNS2/c1-19-15-8-3-2-7-14(15)18-13-9-10-20-16-11(13)5-4-6-12(16)17/h2-8,13,18H,9-10H2,1H3. The molecule has 0 spiro atoms. The first-order chi connectivity index (χ1) is 9.79. The van der Waals surface area contributed by atoms with E-state index in [4.69, 9.17) is 0 Å². The summed E-state index contributed by atoms with van der Waals surface area (Å²) in [5.41, 5.74) is 2.21. The summed E-state index contributed by atoms with van der Waals surface area (Å²) in [6.45, 7) is 0. The van der Waals surface area contributed by atoms with Crippen molar-refractivity contribution in [3.05, 3.63) is 53.8 Å². The van der Waals surface area contributed by atoms with Crippen LogP contribution in [0.15, 0.2) is 52.3 Å². The number of para-hydroxylation sites is 1. The summed E-state index contributed by atoms with van der Waals surface area (Å²) in [5, 5.41) is 3.58. The minimum Gasteiger partial charge on any atom is -0.377 e. The fourth-order valence-electron chi connectivity index (χ4n) is 2.49. The molecule has 0 radical (unpaired) electrons. The van der Waals surface area contributed by atoms with Crippen molar-refractivity contribution in [3.8, 4) is 0 Å². The number of rotatable bonds is 3. The quantitative estimate of drug-likeness (QED) is 0.783. The van der Waals surface area contributed by atoms with Crippen LogP contribution in [0.1, 0.15) is 18.0 Å². The highest BCUT2D eigenvalue weighted by Crippen LogP contribution is 2.40. The number of benzene rings is 2. The summed E-state index contributed by atoms with van der Waals surface area (Å²) < 4.78 is 13.9. The van der Waals surface area contributed by atoms with Crippen LogP contribution in [0, 0.1) is 5.82 Å². The molecule has 1 aliphatic rings. The molecule has 2 aromatic rings. The van der Waals surface area contributed by atoms with Gasteiger partial charge < -0.3 is 5.32 Å². The van der Waals surface area contributed by atoms with Crippen LogP contribution in [-0.2, 0) is 0 Å². The minimum atomic E-state index is -0.0999. The van der Waals surface area contributed by atoms with E-state index in [1.807, 2.05) is 18.2 Å². The van der Waals surface area contributed by atoms with E-state index in [1.165, 1.54) is 4.90 Å². The van der Waals surface area contributed by atoms with Crippen molar-refractivity contribution >= 4 is 29.2 Å². The molecule has 4 heteroatoms. The molecule has 2 aromatic carbocycles. The van der Waals surface area contributed by atoms with Crippen LogP contribution in [0.2, 0.25) is 0 Å². The third-order valence-corrected chi connectivity index (χ3v) is 5.42. The molecule has 0 bridgehead atoms. The van der Waals surface area contributed by atoms with Gasteiger partial charge in [0.25, 0.3) is 0 Å². The van der Waals surface area contributed by atoms with Crippen molar-refractivity contribution in [2.45, 2.75) is 22.3 Å². The lowest BCUT2D eigenvalue weighted by Crippen LogP contribution is -2.17. The maximum absolute atomic E-state index is 13.9. The molecular formula is C16H16FNS2. The zero-order valence-electron chi connectivity index (χ0n) is 11.2. The van der Waals surface area contributed by atoms with Gasteiger partial charge in [-0.25, -0.2) is 4.39 Å². The van der Waals surface area contributed by atoms with Gasteiger partial charge >= 0.3 is 0 Å². The molecular weight excluding hydrogens is 289 g/mol. The van der Waals surface area contributed by atoms with E-state index < -0.39 is 0 Å².